The van der Waals surface area contributed by atoms with Crippen LogP contribution in [0.5, 0.6) is 0 Å². The molecule has 0 aliphatic rings. The van der Waals surface area contributed by atoms with Gasteiger partial charge in [-0.15, -0.1) is 0 Å². The zero-order valence-corrected chi connectivity index (χ0v) is 6.69. The number of hydrogen-bond donors (Lipinski definition) is 0. The third kappa shape index (κ3) is 2.23. The minimum Gasteiger partial charge on any atom is -0.494 e. The first-order chi connectivity index (χ1) is 5.84. The fourth-order valence-corrected chi connectivity index (χ4v) is 0.842. The van der Waals surface area contributed by atoms with Gasteiger partial charge in [0.2, 0.25) is 0 Å². The summed E-state index contributed by atoms with van der Waals surface area (Å²) in [6, 6.07) is 9.02. The van der Waals surface area contributed by atoms with E-state index < -0.39 is 0 Å². The molecule has 1 rings (SSSR count). The number of carbonyl (C=O) groups is 1. The third-order valence-electron chi connectivity index (χ3n) is 1.43. The minimum absolute atomic E-state index is 0.0319. The zero-order chi connectivity index (χ0) is 8.81. The lowest BCUT2D eigenvalue weighted by Crippen LogP contribution is -2.05. The van der Waals surface area contributed by atoms with E-state index in [0.717, 1.165) is 0 Å². The molecule has 2 heteroatoms. The first-order valence-corrected chi connectivity index (χ1v) is 3.65. The van der Waals surface area contributed by atoms with E-state index in [0.29, 0.717) is 5.56 Å². The number of ether oxygens (including phenoxy) is 1. The van der Waals surface area contributed by atoms with Crippen LogP contribution in [-0.2, 0) is 4.74 Å². The molecule has 2 nitrogen and oxygen atoms in total. The Labute approximate surface area is 71.5 Å². The molecule has 0 saturated carbocycles. The zero-order valence-electron chi connectivity index (χ0n) is 6.69. The Balaban J connectivity index is 2.59. The van der Waals surface area contributed by atoms with Gasteiger partial charge in [-0.25, -0.2) is 0 Å². The summed E-state index contributed by atoms with van der Waals surface area (Å²) in [5, 5.41) is 0. The van der Waals surface area contributed by atoms with Crippen molar-refractivity contribution in [2.45, 2.75) is 0 Å². The second-order valence-corrected chi connectivity index (χ2v) is 2.27. The van der Waals surface area contributed by atoms with Gasteiger partial charge in [0.1, 0.15) is 0 Å². The molecule has 12 heavy (non-hydrogen) atoms. The summed E-state index contributed by atoms with van der Waals surface area (Å²) >= 11 is 0. The fourth-order valence-electron chi connectivity index (χ4n) is 0.842. The van der Waals surface area contributed by atoms with Crippen LogP contribution in [0, 0.1) is 0 Å². The summed E-state index contributed by atoms with van der Waals surface area (Å²) in [6.45, 7) is 3.41. The van der Waals surface area contributed by atoms with Crippen molar-refractivity contribution in [3.63, 3.8) is 0 Å². The number of benzene rings is 1. The molecule has 0 aromatic heterocycles. The molecule has 0 N–H and O–H groups in total. The van der Waals surface area contributed by atoms with E-state index in [1.54, 1.807) is 12.1 Å². The lowest BCUT2D eigenvalue weighted by Gasteiger charge is -1.98. The topological polar surface area (TPSA) is 26.3 Å². The van der Waals surface area contributed by atoms with Crippen molar-refractivity contribution in [1.29, 1.82) is 0 Å². The van der Waals surface area contributed by atoms with Gasteiger partial charge < -0.3 is 4.74 Å². The van der Waals surface area contributed by atoms with Gasteiger partial charge in [0.15, 0.2) is 12.4 Å². The summed E-state index contributed by atoms with van der Waals surface area (Å²) in [5.74, 6) is -0.0319. The van der Waals surface area contributed by atoms with Gasteiger partial charge in [0.05, 0.1) is 6.26 Å². The molecule has 0 aliphatic heterocycles. The van der Waals surface area contributed by atoms with Crippen LogP contribution in [0.1, 0.15) is 10.4 Å². The number of Topliss-reactive ketones (excluding diaryl/α,β-unsaturated/α-hetero) is 1. The highest BCUT2D eigenvalue weighted by Crippen LogP contribution is 1.99. The molecule has 0 amide bonds. The van der Waals surface area contributed by atoms with Crippen LogP contribution < -0.4 is 0 Å². The van der Waals surface area contributed by atoms with Gasteiger partial charge >= 0.3 is 0 Å². The standard InChI is InChI=1S/C10H10O2/c1-2-12-8-10(11)9-6-4-3-5-7-9/h2-7H,1,8H2. The van der Waals surface area contributed by atoms with Crippen molar-refractivity contribution >= 4 is 5.78 Å². The Bertz CT molecular complexity index is 264. The normalized spacial score (nSPS) is 9.00. The molecule has 1 aromatic carbocycles. The molecule has 0 aliphatic carbocycles. The van der Waals surface area contributed by atoms with Crippen LogP contribution in [0.15, 0.2) is 43.2 Å². The van der Waals surface area contributed by atoms with Crippen molar-refractivity contribution in [1.82, 2.24) is 0 Å². The fraction of sp³-hybridized carbons (Fsp3) is 0.100. The van der Waals surface area contributed by atoms with Crippen molar-refractivity contribution in [2.24, 2.45) is 0 Å². The monoisotopic (exact) mass is 162 g/mol. The van der Waals surface area contributed by atoms with Crippen molar-refractivity contribution < 1.29 is 9.53 Å². The van der Waals surface area contributed by atoms with E-state index in [1.165, 1.54) is 6.26 Å². The molecule has 0 heterocycles. The van der Waals surface area contributed by atoms with Gasteiger partial charge in [-0.1, -0.05) is 36.9 Å². The SMILES string of the molecule is C=COCC(=O)c1ccccc1. The maximum absolute atomic E-state index is 11.2. The predicted octanol–water partition coefficient (Wildman–Crippen LogP) is 2.03. The molecule has 0 atom stereocenters. The van der Waals surface area contributed by atoms with E-state index in [9.17, 15) is 4.79 Å². The van der Waals surface area contributed by atoms with Gasteiger partial charge in [-0.3, -0.25) is 4.79 Å². The molecular formula is C10H10O2. The average Bonchev–Trinajstić information content (AvgIpc) is 2.15. The molecule has 0 saturated heterocycles. The summed E-state index contributed by atoms with van der Waals surface area (Å²) in [5.41, 5.74) is 0.666. The van der Waals surface area contributed by atoms with Crippen molar-refractivity contribution in [2.75, 3.05) is 6.61 Å². The summed E-state index contributed by atoms with van der Waals surface area (Å²) < 4.78 is 4.76. The summed E-state index contributed by atoms with van der Waals surface area (Å²) in [4.78, 5) is 11.2. The Morgan fingerprint density at radius 3 is 2.67 bits per heavy atom. The molecule has 0 fully saturated rings. The van der Waals surface area contributed by atoms with Crippen molar-refractivity contribution in [3.8, 4) is 0 Å². The summed E-state index contributed by atoms with van der Waals surface area (Å²) in [6.07, 6.45) is 1.26. The molecule has 1 aromatic rings. The van der Waals surface area contributed by atoms with Crippen LogP contribution in [0.25, 0.3) is 0 Å². The van der Waals surface area contributed by atoms with Crippen LogP contribution >= 0.6 is 0 Å². The highest BCUT2D eigenvalue weighted by Gasteiger charge is 2.02. The largest absolute Gasteiger partial charge is 0.494 e. The van der Waals surface area contributed by atoms with Crippen LogP contribution in [-0.4, -0.2) is 12.4 Å². The van der Waals surface area contributed by atoms with Gasteiger partial charge in [-0.05, 0) is 0 Å². The van der Waals surface area contributed by atoms with Gasteiger partial charge in [0, 0.05) is 5.56 Å². The molecular weight excluding hydrogens is 152 g/mol. The Kier molecular flexibility index (Phi) is 3.08. The minimum atomic E-state index is -0.0319. The maximum atomic E-state index is 11.2. The number of ketones is 1. The molecule has 0 radical (unpaired) electrons. The number of carbonyl (C=O) groups excluding carboxylic acids is 1. The molecule has 0 bridgehead atoms. The van der Waals surface area contributed by atoms with Crippen LogP contribution in [0.3, 0.4) is 0 Å². The maximum Gasteiger partial charge on any atom is 0.200 e. The third-order valence-corrected chi connectivity index (χ3v) is 1.43. The summed E-state index contributed by atoms with van der Waals surface area (Å²) in [7, 11) is 0. The second-order valence-electron chi connectivity index (χ2n) is 2.27. The van der Waals surface area contributed by atoms with E-state index in [-0.39, 0.29) is 12.4 Å². The van der Waals surface area contributed by atoms with E-state index >= 15 is 0 Å². The van der Waals surface area contributed by atoms with Crippen LogP contribution in [0.4, 0.5) is 0 Å². The van der Waals surface area contributed by atoms with E-state index in [2.05, 4.69) is 6.58 Å². The number of rotatable bonds is 4. The Hall–Kier alpha value is -1.57. The van der Waals surface area contributed by atoms with Crippen molar-refractivity contribution in [3.05, 3.63) is 48.7 Å². The first kappa shape index (κ1) is 8.53. The second kappa shape index (κ2) is 4.34. The number of hydrogen-bond acceptors (Lipinski definition) is 2. The molecule has 0 unspecified atom stereocenters. The predicted molar refractivity (Wildman–Crippen MR) is 46.9 cm³/mol. The van der Waals surface area contributed by atoms with Crippen LogP contribution in [0.2, 0.25) is 0 Å². The quantitative estimate of drug-likeness (QED) is 0.500. The highest BCUT2D eigenvalue weighted by molar-refractivity contribution is 5.97. The van der Waals surface area contributed by atoms with Gasteiger partial charge in [0.25, 0.3) is 0 Å². The highest BCUT2D eigenvalue weighted by atomic mass is 16.5. The first-order valence-electron chi connectivity index (χ1n) is 3.65. The Morgan fingerprint density at radius 1 is 1.42 bits per heavy atom. The molecule has 62 valence electrons. The van der Waals surface area contributed by atoms with E-state index in [1.807, 2.05) is 18.2 Å². The lowest BCUT2D eigenvalue weighted by atomic mass is 10.1. The Morgan fingerprint density at radius 2 is 2.08 bits per heavy atom. The van der Waals surface area contributed by atoms with E-state index in [4.69, 9.17) is 4.74 Å². The average molecular weight is 162 g/mol. The smallest absolute Gasteiger partial charge is 0.200 e. The lowest BCUT2D eigenvalue weighted by molar-refractivity contribution is 0.0887. The molecule has 0 spiro atoms. The van der Waals surface area contributed by atoms with Gasteiger partial charge in [-0.2, -0.15) is 0 Å².